The summed E-state index contributed by atoms with van der Waals surface area (Å²) in [6, 6.07) is 25.5. The van der Waals surface area contributed by atoms with Crippen LogP contribution in [0.15, 0.2) is 85.2 Å². The van der Waals surface area contributed by atoms with Gasteiger partial charge in [0.05, 0.1) is 32.0 Å². The molecule has 4 aromatic rings. The second kappa shape index (κ2) is 15.8. The van der Waals surface area contributed by atoms with Crippen molar-refractivity contribution in [3.05, 3.63) is 96.3 Å². The first-order valence-corrected chi connectivity index (χ1v) is 22.7. The quantitative estimate of drug-likeness (QED) is 0.117. The van der Waals surface area contributed by atoms with Crippen molar-refractivity contribution in [3.63, 3.8) is 0 Å². The standard InChI is InChI=1S/C31H48OP2.C10H8N2.Ag.F6P/c1-27(2,3)33(28(4,5)6)23-19-15-17-21-25(23)32-26-22(31(21,13)14)18-16-20-24(26)34(29(7,8)9)30(10,11)12;1-3-7-11-9(5-1)10-6-2-4-8-12-10;;1-7(2,3,4,5)6/h15-20H,1-14H3;1-8H;;/q;;+1;-1/p+2. The molecule has 0 unspecified atom stereocenters. The van der Waals surface area contributed by atoms with Crippen LogP contribution in [-0.2, 0) is 27.8 Å². The van der Waals surface area contributed by atoms with E-state index in [0.717, 1.165) is 22.9 Å². The maximum absolute atomic E-state index is 10.7. The van der Waals surface area contributed by atoms with Crippen LogP contribution < -0.4 is 15.3 Å². The minimum absolute atomic E-state index is 0. The third-order valence-corrected chi connectivity index (χ3v) is 16.6. The summed E-state index contributed by atoms with van der Waals surface area (Å²) < 4.78 is 66.4. The van der Waals surface area contributed by atoms with Crippen LogP contribution in [0, 0.1) is 0 Å². The Morgan fingerprint density at radius 1 is 0.500 bits per heavy atom. The molecule has 0 aliphatic carbocycles. The normalized spacial score (nSPS) is 15.4. The van der Waals surface area contributed by atoms with E-state index in [0.29, 0.717) is 0 Å². The van der Waals surface area contributed by atoms with E-state index >= 15 is 0 Å². The fourth-order valence-electron chi connectivity index (χ4n) is 7.81. The van der Waals surface area contributed by atoms with Crippen molar-refractivity contribution in [2.75, 3.05) is 0 Å². The molecule has 2 aromatic carbocycles. The molecule has 0 atom stereocenters. The van der Waals surface area contributed by atoms with Crippen LogP contribution in [0.2, 0.25) is 0 Å². The maximum atomic E-state index is 9.87. The minimum Gasteiger partial charge on any atom is -0.255 e. The molecule has 0 saturated carbocycles. The summed E-state index contributed by atoms with van der Waals surface area (Å²) in [4.78, 5) is 8.37. The third-order valence-electron chi connectivity index (χ3n) is 8.71. The van der Waals surface area contributed by atoms with Crippen LogP contribution in [0.5, 0.6) is 11.5 Å². The molecule has 0 spiro atoms. The van der Waals surface area contributed by atoms with Gasteiger partial charge in [0.2, 0.25) is 0 Å². The number of pyridine rings is 2. The molecule has 54 heavy (non-hydrogen) atoms. The average Bonchev–Trinajstić information content (AvgIpc) is 2.95. The van der Waals surface area contributed by atoms with Crippen LogP contribution >= 0.6 is 23.7 Å². The molecule has 0 saturated heterocycles. The molecule has 0 bridgehead atoms. The zero-order valence-corrected chi connectivity index (χ0v) is 38.3. The molecule has 1 aliphatic heterocycles. The summed E-state index contributed by atoms with van der Waals surface area (Å²) in [7, 11) is -12.6. The number of halogens is 6. The van der Waals surface area contributed by atoms with Crippen molar-refractivity contribution in [1.82, 2.24) is 9.97 Å². The van der Waals surface area contributed by atoms with E-state index in [4.69, 9.17) is 4.74 Å². The number of benzene rings is 2. The molecular weight excluding hydrogens is 851 g/mol. The Balaban J connectivity index is 0.000000410. The number of nitrogens with zero attached hydrogens (tertiary/aromatic N) is 2. The van der Waals surface area contributed by atoms with Crippen molar-refractivity contribution in [3.8, 4) is 22.9 Å². The van der Waals surface area contributed by atoms with Gasteiger partial charge in [0.25, 0.3) is 0 Å². The molecule has 0 fully saturated rings. The van der Waals surface area contributed by atoms with E-state index in [1.807, 2.05) is 36.4 Å². The summed E-state index contributed by atoms with van der Waals surface area (Å²) in [6.45, 7) is 33.8. The van der Waals surface area contributed by atoms with Gasteiger partial charge >= 0.3 is 55.4 Å². The van der Waals surface area contributed by atoms with Gasteiger partial charge < -0.3 is 4.74 Å². The minimum atomic E-state index is -10.7. The summed E-state index contributed by atoms with van der Waals surface area (Å²) in [5.74, 6) is 2.30. The summed E-state index contributed by atoms with van der Waals surface area (Å²) in [5, 5.41) is 3.79. The number of hydrogen-bond donors (Lipinski definition) is 0. The van der Waals surface area contributed by atoms with Gasteiger partial charge in [-0.1, -0.05) is 50.2 Å². The molecular formula is C41H58AgF6N2OP3+2. The summed E-state index contributed by atoms with van der Waals surface area (Å²) in [5.41, 5.74) is 4.41. The predicted molar refractivity (Wildman–Crippen MR) is 221 cm³/mol. The van der Waals surface area contributed by atoms with Crippen molar-refractivity contribution in [2.45, 2.75) is 123 Å². The van der Waals surface area contributed by atoms with Crippen LogP contribution in [-0.4, -0.2) is 30.6 Å². The predicted octanol–water partition coefficient (Wildman–Crippen LogP) is 14.5. The molecule has 0 amide bonds. The summed E-state index contributed by atoms with van der Waals surface area (Å²) in [6.07, 6.45) is 3.54. The third kappa shape index (κ3) is 13.7. The van der Waals surface area contributed by atoms with Crippen LogP contribution in [0.25, 0.3) is 11.4 Å². The van der Waals surface area contributed by atoms with E-state index < -0.39 is 23.7 Å². The van der Waals surface area contributed by atoms with Gasteiger partial charge in [0.15, 0.2) is 11.5 Å². The van der Waals surface area contributed by atoms with Gasteiger partial charge in [0.1, 0.15) is 10.6 Å². The first-order valence-electron chi connectivity index (χ1n) is 17.7. The van der Waals surface area contributed by atoms with Crippen molar-refractivity contribution < 1.29 is 52.3 Å². The molecule has 2 aromatic heterocycles. The number of hydrogen-bond acceptors (Lipinski definition) is 3. The van der Waals surface area contributed by atoms with E-state index in [-0.39, 0.29) is 48.4 Å². The van der Waals surface area contributed by atoms with Crippen molar-refractivity contribution in [1.29, 1.82) is 0 Å². The molecule has 0 radical (unpaired) electrons. The van der Waals surface area contributed by atoms with E-state index in [1.165, 1.54) is 21.7 Å². The smallest absolute Gasteiger partial charge is 0.255 e. The summed E-state index contributed by atoms with van der Waals surface area (Å²) >= 11 is 0. The number of aromatic nitrogens is 2. The Morgan fingerprint density at radius 3 is 1.04 bits per heavy atom. The molecule has 13 heteroatoms. The number of fused-ring (bicyclic) bond motifs is 2. The largest absolute Gasteiger partial charge is 1.00 e. The van der Waals surface area contributed by atoms with Gasteiger partial charge in [-0.2, -0.15) is 0 Å². The Labute approximate surface area is 337 Å². The van der Waals surface area contributed by atoms with E-state index in [1.54, 1.807) is 12.4 Å². The second-order valence-corrected chi connectivity index (χ2v) is 28.7. The number of rotatable bonds is 3. The molecule has 1 aliphatic rings. The monoisotopic (exact) mass is 908 g/mol. The maximum Gasteiger partial charge on any atom is 1.00 e. The molecule has 0 N–H and O–H groups in total. The Hall–Kier alpha value is -1.85. The second-order valence-electron chi connectivity index (χ2n) is 18.2. The van der Waals surface area contributed by atoms with E-state index in [2.05, 4.69) is 143 Å². The van der Waals surface area contributed by atoms with E-state index in [9.17, 15) is 25.2 Å². The Bertz CT molecular complexity index is 1710. The zero-order chi connectivity index (χ0) is 40.7. The molecule has 3 nitrogen and oxygen atoms in total. The first kappa shape index (κ1) is 48.3. The Kier molecular flexibility index (Phi) is 14.2. The SMILES string of the molecule is CC1(C)c2cccc([PH+](C(C)(C)C)C(C)(C)C)c2Oc2c([PH+](C(C)(C)C)C(C)(C)C)cccc21.F[P-](F)(F)(F)(F)F.[Ag+].c1ccc(-c2ccccn2)nc1. The molecule has 3 heterocycles. The van der Waals surface area contributed by atoms with Gasteiger partial charge in [-0.15, -0.1) is 0 Å². The number of ether oxygens (including phenoxy) is 1. The van der Waals surface area contributed by atoms with Crippen LogP contribution in [0.4, 0.5) is 25.2 Å². The Morgan fingerprint density at radius 2 is 0.796 bits per heavy atom. The molecule has 5 rings (SSSR count). The van der Waals surface area contributed by atoms with Crippen LogP contribution in [0.1, 0.15) is 108 Å². The van der Waals surface area contributed by atoms with Gasteiger partial charge in [-0.05, 0) is 119 Å². The fraction of sp³-hybridized carbons (Fsp3) is 0.463. The fourth-order valence-corrected chi connectivity index (χ4v) is 16.9. The van der Waals surface area contributed by atoms with Gasteiger partial charge in [0, 0.05) is 44.8 Å². The van der Waals surface area contributed by atoms with Gasteiger partial charge in [-0.3, -0.25) is 9.97 Å². The molecule has 304 valence electrons. The van der Waals surface area contributed by atoms with Crippen LogP contribution in [0.3, 0.4) is 0 Å². The zero-order valence-electron chi connectivity index (χ0n) is 33.9. The first-order chi connectivity index (χ1) is 23.6. The van der Waals surface area contributed by atoms with Gasteiger partial charge in [-0.25, -0.2) is 0 Å². The average molecular weight is 910 g/mol. The topological polar surface area (TPSA) is 35.0 Å². The van der Waals surface area contributed by atoms with Crippen molar-refractivity contribution >= 4 is 34.3 Å². The number of para-hydroxylation sites is 2. The van der Waals surface area contributed by atoms with Crippen molar-refractivity contribution in [2.24, 2.45) is 0 Å².